The number of nitrogens with one attached hydrogen (secondary N) is 1. The molecule has 30 heavy (non-hydrogen) atoms. The second kappa shape index (κ2) is 7.44. The molecule has 1 spiro atoms. The summed E-state index contributed by atoms with van der Waals surface area (Å²) in [4.78, 5) is 27.4. The number of imide groups is 1. The van der Waals surface area contributed by atoms with Gasteiger partial charge in [-0.15, -0.1) is 0 Å². The van der Waals surface area contributed by atoms with Gasteiger partial charge < -0.3 is 5.32 Å². The Morgan fingerprint density at radius 1 is 0.900 bits per heavy atom. The van der Waals surface area contributed by atoms with Crippen LogP contribution in [0, 0.1) is 0 Å². The summed E-state index contributed by atoms with van der Waals surface area (Å²) in [6.45, 7) is 0.212. The normalized spacial score (nSPS) is 18.1. The van der Waals surface area contributed by atoms with Gasteiger partial charge in [0.15, 0.2) is 0 Å². The fourth-order valence-electron chi connectivity index (χ4n) is 4.56. The van der Waals surface area contributed by atoms with E-state index in [9.17, 15) is 9.59 Å². The zero-order valence-corrected chi connectivity index (χ0v) is 16.8. The summed E-state index contributed by atoms with van der Waals surface area (Å²) in [5.74, 6) is -0.0985. The standard InChI is InChI=1S/C24H24N4O2/c29-22-24(14-8-3-9-15-24)25-23(30)27(22)16-19-17-28(20-12-6-2-7-13-20)26-21(19)18-10-4-1-5-11-18/h1-2,4-7,10-13,17H,3,8-9,14-16H2,(H,25,30). The Morgan fingerprint density at radius 2 is 1.57 bits per heavy atom. The van der Waals surface area contributed by atoms with Gasteiger partial charge in [-0.3, -0.25) is 9.69 Å². The highest BCUT2D eigenvalue weighted by Gasteiger charge is 2.51. The molecule has 5 rings (SSSR count). The van der Waals surface area contributed by atoms with Crippen molar-refractivity contribution in [3.63, 3.8) is 0 Å². The summed E-state index contributed by atoms with van der Waals surface area (Å²) in [6.07, 6.45) is 6.44. The first-order valence-corrected chi connectivity index (χ1v) is 10.5. The Bertz CT molecular complexity index is 1070. The first-order chi connectivity index (χ1) is 14.7. The van der Waals surface area contributed by atoms with E-state index in [0.29, 0.717) is 0 Å². The number of para-hydroxylation sites is 1. The van der Waals surface area contributed by atoms with Crippen molar-refractivity contribution in [3.8, 4) is 16.9 Å². The van der Waals surface area contributed by atoms with E-state index >= 15 is 0 Å². The summed E-state index contributed by atoms with van der Waals surface area (Å²) in [7, 11) is 0. The van der Waals surface area contributed by atoms with Gasteiger partial charge in [-0.05, 0) is 25.0 Å². The van der Waals surface area contributed by atoms with Gasteiger partial charge in [0, 0.05) is 17.3 Å². The Balaban J connectivity index is 1.51. The van der Waals surface area contributed by atoms with Crippen LogP contribution in [0.15, 0.2) is 66.9 Å². The monoisotopic (exact) mass is 400 g/mol. The molecule has 2 fully saturated rings. The molecule has 3 aromatic rings. The molecule has 6 heteroatoms. The van der Waals surface area contributed by atoms with Gasteiger partial charge in [-0.1, -0.05) is 67.8 Å². The molecule has 1 aliphatic carbocycles. The summed E-state index contributed by atoms with van der Waals surface area (Å²) >= 11 is 0. The third kappa shape index (κ3) is 3.18. The summed E-state index contributed by atoms with van der Waals surface area (Å²) in [5, 5.41) is 7.79. The first-order valence-electron chi connectivity index (χ1n) is 10.5. The number of carbonyl (C=O) groups excluding carboxylic acids is 2. The summed E-state index contributed by atoms with van der Waals surface area (Å²) in [6, 6.07) is 19.4. The minimum absolute atomic E-state index is 0.0985. The van der Waals surface area contributed by atoms with Gasteiger partial charge in [-0.25, -0.2) is 9.48 Å². The average Bonchev–Trinajstić information content (AvgIpc) is 3.31. The second-order valence-electron chi connectivity index (χ2n) is 8.11. The number of benzene rings is 2. The van der Waals surface area contributed by atoms with Crippen molar-refractivity contribution in [1.29, 1.82) is 0 Å². The van der Waals surface area contributed by atoms with Crippen molar-refractivity contribution in [2.45, 2.75) is 44.2 Å². The van der Waals surface area contributed by atoms with Crippen LogP contribution in [-0.4, -0.2) is 32.2 Å². The number of hydrogen-bond acceptors (Lipinski definition) is 3. The van der Waals surface area contributed by atoms with Crippen LogP contribution in [0.25, 0.3) is 16.9 Å². The molecule has 2 aromatic carbocycles. The van der Waals surface area contributed by atoms with E-state index in [2.05, 4.69) is 5.32 Å². The number of hydrogen-bond donors (Lipinski definition) is 1. The number of aromatic nitrogens is 2. The van der Waals surface area contributed by atoms with Crippen molar-refractivity contribution in [2.24, 2.45) is 0 Å². The van der Waals surface area contributed by atoms with Crippen LogP contribution >= 0.6 is 0 Å². The van der Waals surface area contributed by atoms with Crippen LogP contribution in [0.4, 0.5) is 4.79 Å². The van der Waals surface area contributed by atoms with Gasteiger partial charge >= 0.3 is 6.03 Å². The van der Waals surface area contributed by atoms with Gasteiger partial charge in [-0.2, -0.15) is 5.10 Å². The molecule has 6 nitrogen and oxygen atoms in total. The van der Waals surface area contributed by atoms with Gasteiger partial charge in [0.2, 0.25) is 0 Å². The van der Waals surface area contributed by atoms with Gasteiger partial charge in [0.25, 0.3) is 5.91 Å². The molecule has 0 atom stereocenters. The zero-order valence-electron chi connectivity index (χ0n) is 16.8. The second-order valence-corrected chi connectivity index (χ2v) is 8.11. The molecular weight excluding hydrogens is 376 g/mol. The van der Waals surface area contributed by atoms with Crippen LogP contribution in [-0.2, 0) is 11.3 Å². The quantitative estimate of drug-likeness (QED) is 0.664. The molecule has 0 unspecified atom stereocenters. The highest BCUT2D eigenvalue weighted by molar-refractivity contribution is 6.07. The van der Waals surface area contributed by atoms with Crippen LogP contribution in [0.3, 0.4) is 0 Å². The van der Waals surface area contributed by atoms with E-state index in [1.807, 2.05) is 71.5 Å². The van der Waals surface area contributed by atoms with Crippen molar-refractivity contribution < 1.29 is 9.59 Å². The zero-order chi connectivity index (χ0) is 20.6. The highest BCUT2D eigenvalue weighted by atomic mass is 16.2. The van der Waals surface area contributed by atoms with Crippen molar-refractivity contribution in [1.82, 2.24) is 20.0 Å². The molecule has 1 saturated heterocycles. The van der Waals surface area contributed by atoms with Crippen LogP contribution in [0.2, 0.25) is 0 Å². The predicted octanol–water partition coefficient (Wildman–Crippen LogP) is 4.29. The smallest absolute Gasteiger partial charge is 0.323 e. The lowest BCUT2D eigenvalue weighted by atomic mass is 9.82. The fourth-order valence-corrected chi connectivity index (χ4v) is 4.56. The molecule has 1 aliphatic heterocycles. The maximum Gasteiger partial charge on any atom is 0.325 e. The molecule has 2 aliphatic rings. The minimum Gasteiger partial charge on any atom is -0.323 e. The average molecular weight is 400 g/mol. The molecule has 1 N–H and O–H groups in total. The van der Waals surface area contributed by atoms with Crippen LogP contribution in [0.5, 0.6) is 0 Å². The predicted molar refractivity (Wildman–Crippen MR) is 114 cm³/mol. The largest absolute Gasteiger partial charge is 0.325 e. The summed E-state index contributed by atoms with van der Waals surface area (Å²) < 4.78 is 1.81. The van der Waals surface area contributed by atoms with Crippen molar-refractivity contribution >= 4 is 11.9 Å². The minimum atomic E-state index is -0.711. The van der Waals surface area contributed by atoms with E-state index in [0.717, 1.165) is 54.6 Å². The molecule has 1 saturated carbocycles. The lowest BCUT2D eigenvalue weighted by Crippen LogP contribution is -2.48. The topological polar surface area (TPSA) is 67.2 Å². The SMILES string of the molecule is O=C1NC2(CCCCC2)C(=O)N1Cc1cn(-c2ccccc2)nc1-c1ccccc1. The summed E-state index contributed by atoms with van der Waals surface area (Å²) in [5.41, 5.74) is 2.81. The lowest BCUT2D eigenvalue weighted by molar-refractivity contribution is -0.132. The molecule has 2 heterocycles. The van der Waals surface area contributed by atoms with Crippen LogP contribution in [0.1, 0.15) is 37.7 Å². The Morgan fingerprint density at radius 3 is 2.27 bits per heavy atom. The number of amides is 3. The van der Waals surface area contributed by atoms with Crippen LogP contribution < -0.4 is 5.32 Å². The maximum atomic E-state index is 13.2. The third-order valence-corrected chi connectivity index (χ3v) is 6.14. The number of rotatable bonds is 4. The Hall–Kier alpha value is -3.41. The molecular formula is C24H24N4O2. The van der Waals surface area contributed by atoms with E-state index < -0.39 is 5.54 Å². The first kappa shape index (κ1) is 18.6. The van der Waals surface area contributed by atoms with E-state index in [1.54, 1.807) is 0 Å². The number of carbonyl (C=O) groups is 2. The Kier molecular flexibility index (Phi) is 4.62. The molecule has 1 aromatic heterocycles. The fraction of sp³-hybridized carbons (Fsp3) is 0.292. The Labute approximate surface area is 175 Å². The van der Waals surface area contributed by atoms with E-state index in [1.165, 1.54) is 4.90 Å². The van der Waals surface area contributed by atoms with Gasteiger partial charge in [0.1, 0.15) is 5.54 Å². The van der Waals surface area contributed by atoms with Gasteiger partial charge in [0.05, 0.1) is 17.9 Å². The van der Waals surface area contributed by atoms with Crippen molar-refractivity contribution in [2.75, 3.05) is 0 Å². The van der Waals surface area contributed by atoms with E-state index in [-0.39, 0.29) is 18.5 Å². The molecule has 3 amide bonds. The molecule has 0 radical (unpaired) electrons. The van der Waals surface area contributed by atoms with E-state index in [4.69, 9.17) is 5.10 Å². The number of urea groups is 1. The number of nitrogens with zero attached hydrogens (tertiary/aromatic N) is 3. The molecule has 152 valence electrons. The third-order valence-electron chi connectivity index (χ3n) is 6.14. The van der Waals surface area contributed by atoms with Crippen molar-refractivity contribution in [3.05, 3.63) is 72.4 Å². The lowest BCUT2D eigenvalue weighted by Gasteiger charge is -2.30. The highest BCUT2D eigenvalue weighted by Crippen LogP contribution is 2.35. The molecule has 0 bridgehead atoms. The maximum absolute atomic E-state index is 13.2.